The fourth-order valence-electron chi connectivity index (χ4n) is 5.00. The largest absolute Gasteiger partial charge is 0.356 e. The zero-order valence-corrected chi connectivity index (χ0v) is 20.0. The van der Waals surface area contributed by atoms with Crippen LogP contribution >= 0.6 is 0 Å². The average Bonchev–Trinajstić information content (AvgIpc) is 3.35. The maximum atomic E-state index is 12.3. The molecular formula is C26H34N6O. The Labute approximate surface area is 195 Å². The molecule has 0 spiro atoms. The number of fused-ring (bicyclic) bond motifs is 1. The van der Waals surface area contributed by atoms with Gasteiger partial charge in [-0.1, -0.05) is 6.07 Å². The zero-order chi connectivity index (χ0) is 22.9. The van der Waals surface area contributed by atoms with Crippen LogP contribution in [0.25, 0.3) is 5.65 Å². The summed E-state index contributed by atoms with van der Waals surface area (Å²) in [6.45, 7) is 9.00. The SMILES string of the molecule is Cc1cccnc1CN1CCC[C@@H]1c1cc2nc(C)c(CCC(=O)NCC3CC3)c(C)n2n1. The van der Waals surface area contributed by atoms with E-state index in [1.807, 2.05) is 23.7 Å². The van der Waals surface area contributed by atoms with Gasteiger partial charge in [-0.25, -0.2) is 9.50 Å². The molecule has 0 aromatic carbocycles. The molecule has 1 saturated heterocycles. The Morgan fingerprint density at radius 2 is 2.06 bits per heavy atom. The van der Waals surface area contributed by atoms with E-state index in [0.717, 1.165) is 66.5 Å². The van der Waals surface area contributed by atoms with Crippen LogP contribution in [0.15, 0.2) is 24.4 Å². The van der Waals surface area contributed by atoms with E-state index >= 15 is 0 Å². The van der Waals surface area contributed by atoms with Crippen LogP contribution in [-0.2, 0) is 17.8 Å². The predicted molar refractivity (Wildman–Crippen MR) is 128 cm³/mol. The minimum atomic E-state index is 0.133. The molecule has 33 heavy (non-hydrogen) atoms. The van der Waals surface area contributed by atoms with E-state index < -0.39 is 0 Å². The fourth-order valence-corrected chi connectivity index (χ4v) is 5.00. The van der Waals surface area contributed by atoms with Gasteiger partial charge in [0.25, 0.3) is 0 Å². The fraction of sp³-hybridized carbons (Fsp3) is 0.538. The first-order valence-electron chi connectivity index (χ1n) is 12.3. The van der Waals surface area contributed by atoms with Crippen LogP contribution in [0, 0.1) is 26.7 Å². The number of carbonyl (C=O) groups excluding carboxylic acids is 1. The molecule has 1 aliphatic carbocycles. The number of aryl methyl sites for hydroxylation is 3. The van der Waals surface area contributed by atoms with Gasteiger partial charge in [0.1, 0.15) is 0 Å². The molecular weight excluding hydrogens is 412 g/mol. The van der Waals surface area contributed by atoms with Crippen LogP contribution in [-0.4, -0.2) is 43.5 Å². The molecule has 3 aromatic rings. The number of likely N-dealkylation sites (tertiary alicyclic amines) is 1. The smallest absolute Gasteiger partial charge is 0.220 e. The molecule has 1 saturated carbocycles. The molecule has 2 fully saturated rings. The number of pyridine rings is 1. The van der Waals surface area contributed by atoms with Gasteiger partial charge in [-0.3, -0.25) is 14.7 Å². The van der Waals surface area contributed by atoms with Gasteiger partial charge in [0.2, 0.25) is 5.91 Å². The zero-order valence-electron chi connectivity index (χ0n) is 20.0. The lowest BCUT2D eigenvalue weighted by atomic mass is 10.1. The lowest BCUT2D eigenvalue weighted by molar-refractivity contribution is -0.121. The second-order valence-electron chi connectivity index (χ2n) is 9.74. The van der Waals surface area contributed by atoms with Crippen molar-refractivity contribution in [1.82, 2.24) is 29.8 Å². The second-order valence-corrected chi connectivity index (χ2v) is 9.74. The number of rotatable bonds is 8. The normalized spacial score (nSPS) is 18.8. The third-order valence-electron chi connectivity index (χ3n) is 7.25. The highest BCUT2D eigenvalue weighted by atomic mass is 16.1. The van der Waals surface area contributed by atoms with Gasteiger partial charge in [0.05, 0.1) is 17.4 Å². The maximum absolute atomic E-state index is 12.3. The lowest BCUT2D eigenvalue weighted by Gasteiger charge is -2.23. The first kappa shape index (κ1) is 22.0. The molecule has 3 aromatic heterocycles. The van der Waals surface area contributed by atoms with Crippen molar-refractivity contribution in [2.24, 2.45) is 5.92 Å². The molecule has 2 aliphatic rings. The van der Waals surface area contributed by atoms with Crippen LogP contribution in [0.5, 0.6) is 0 Å². The molecule has 4 heterocycles. The molecule has 0 bridgehead atoms. The summed E-state index contributed by atoms with van der Waals surface area (Å²) in [5.41, 5.74) is 7.56. The van der Waals surface area contributed by atoms with Gasteiger partial charge < -0.3 is 5.32 Å². The summed E-state index contributed by atoms with van der Waals surface area (Å²) in [5.74, 6) is 0.836. The third kappa shape index (κ3) is 4.78. The standard InChI is InChI=1S/C26H34N6O/c1-17-6-4-12-27-23(17)16-31-13-5-7-24(31)22-14-25-29-18(2)21(19(3)32(25)30-22)10-11-26(33)28-15-20-8-9-20/h4,6,12,14,20,24H,5,7-11,13,15-16H2,1-3H3,(H,28,33)/t24-/m1/s1. The summed E-state index contributed by atoms with van der Waals surface area (Å²) in [6, 6.07) is 6.54. The Kier molecular flexibility index (Phi) is 6.15. The molecule has 0 radical (unpaired) electrons. The molecule has 7 nitrogen and oxygen atoms in total. The number of amides is 1. The van der Waals surface area contributed by atoms with Gasteiger partial charge in [-0.2, -0.15) is 5.10 Å². The van der Waals surface area contributed by atoms with Gasteiger partial charge in [-0.15, -0.1) is 0 Å². The van der Waals surface area contributed by atoms with E-state index in [0.29, 0.717) is 18.8 Å². The van der Waals surface area contributed by atoms with Crippen molar-refractivity contribution in [1.29, 1.82) is 0 Å². The van der Waals surface area contributed by atoms with Gasteiger partial charge in [0.15, 0.2) is 5.65 Å². The summed E-state index contributed by atoms with van der Waals surface area (Å²) < 4.78 is 1.97. The van der Waals surface area contributed by atoms with E-state index in [1.54, 1.807) is 0 Å². The number of nitrogens with one attached hydrogen (secondary N) is 1. The van der Waals surface area contributed by atoms with Crippen LogP contribution < -0.4 is 5.32 Å². The van der Waals surface area contributed by atoms with E-state index in [2.05, 4.69) is 41.2 Å². The van der Waals surface area contributed by atoms with Crippen LogP contribution in [0.3, 0.4) is 0 Å². The Balaban J connectivity index is 1.33. The van der Waals surface area contributed by atoms with Crippen molar-refractivity contribution in [3.63, 3.8) is 0 Å². The number of hydrogen-bond donors (Lipinski definition) is 1. The molecule has 174 valence electrons. The highest BCUT2D eigenvalue weighted by Crippen LogP contribution is 2.33. The molecule has 5 rings (SSSR count). The minimum Gasteiger partial charge on any atom is -0.356 e. The number of nitrogens with zero attached hydrogens (tertiary/aromatic N) is 5. The highest BCUT2D eigenvalue weighted by molar-refractivity contribution is 5.76. The van der Waals surface area contributed by atoms with Crippen molar-refractivity contribution >= 4 is 11.6 Å². The maximum Gasteiger partial charge on any atom is 0.220 e. The average molecular weight is 447 g/mol. The number of hydrogen-bond acceptors (Lipinski definition) is 5. The molecule has 7 heteroatoms. The first-order valence-corrected chi connectivity index (χ1v) is 12.3. The summed E-state index contributed by atoms with van der Waals surface area (Å²) in [7, 11) is 0. The van der Waals surface area contributed by atoms with Crippen LogP contribution in [0.1, 0.15) is 72.0 Å². The minimum absolute atomic E-state index is 0.133. The molecule has 1 atom stereocenters. The van der Waals surface area contributed by atoms with Crippen molar-refractivity contribution in [2.45, 2.75) is 71.9 Å². The Morgan fingerprint density at radius 3 is 2.85 bits per heavy atom. The molecule has 1 amide bonds. The summed E-state index contributed by atoms with van der Waals surface area (Å²) in [5, 5.41) is 8.07. The van der Waals surface area contributed by atoms with E-state index in [9.17, 15) is 4.79 Å². The van der Waals surface area contributed by atoms with E-state index in [4.69, 9.17) is 10.1 Å². The topological polar surface area (TPSA) is 75.4 Å². The van der Waals surface area contributed by atoms with Crippen molar-refractivity contribution in [3.05, 3.63) is 58.3 Å². The molecule has 1 aliphatic heterocycles. The Hall–Kier alpha value is -2.80. The Bertz CT molecular complexity index is 1170. The van der Waals surface area contributed by atoms with E-state index in [-0.39, 0.29) is 11.9 Å². The number of aromatic nitrogens is 4. The molecule has 0 unspecified atom stereocenters. The first-order chi connectivity index (χ1) is 16.0. The van der Waals surface area contributed by atoms with Gasteiger partial charge in [-0.05, 0) is 82.5 Å². The molecule has 1 N–H and O–H groups in total. The van der Waals surface area contributed by atoms with Crippen molar-refractivity contribution in [2.75, 3.05) is 13.1 Å². The highest BCUT2D eigenvalue weighted by Gasteiger charge is 2.29. The number of carbonyl (C=O) groups is 1. The second kappa shape index (κ2) is 9.21. The summed E-state index contributed by atoms with van der Waals surface area (Å²) in [6.07, 6.45) is 7.83. The monoisotopic (exact) mass is 446 g/mol. The summed E-state index contributed by atoms with van der Waals surface area (Å²) in [4.78, 5) is 24.2. The van der Waals surface area contributed by atoms with Crippen molar-refractivity contribution in [3.8, 4) is 0 Å². The van der Waals surface area contributed by atoms with Gasteiger partial charge >= 0.3 is 0 Å². The third-order valence-corrected chi connectivity index (χ3v) is 7.25. The van der Waals surface area contributed by atoms with Crippen LogP contribution in [0.4, 0.5) is 0 Å². The van der Waals surface area contributed by atoms with E-state index in [1.165, 1.54) is 18.4 Å². The van der Waals surface area contributed by atoms with Crippen molar-refractivity contribution < 1.29 is 4.79 Å². The Morgan fingerprint density at radius 1 is 1.21 bits per heavy atom. The van der Waals surface area contributed by atoms with Gasteiger partial charge in [0, 0.05) is 43.2 Å². The van der Waals surface area contributed by atoms with Crippen LogP contribution in [0.2, 0.25) is 0 Å². The quantitative estimate of drug-likeness (QED) is 0.569. The predicted octanol–water partition coefficient (Wildman–Crippen LogP) is 3.85. The lowest BCUT2D eigenvalue weighted by Crippen LogP contribution is -2.26. The summed E-state index contributed by atoms with van der Waals surface area (Å²) >= 11 is 0.